The van der Waals surface area contributed by atoms with E-state index in [2.05, 4.69) is 101 Å². The fourth-order valence-corrected chi connectivity index (χ4v) is 4.35. The predicted octanol–water partition coefficient (Wildman–Crippen LogP) is 6.60. The fraction of sp³-hybridized carbons (Fsp3) is 0.385. The zero-order valence-electron chi connectivity index (χ0n) is 18.3. The van der Waals surface area contributed by atoms with Crippen LogP contribution in [0, 0.1) is 6.92 Å². The van der Waals surface area contributed by atoms with Crippen molar-refractivity contribution in [3.63, 3.8) is 0 Å². The summed E-state index contributed by atoms with van der Waals surface area (Å²) >= 11 is 0. The van der Waals surface area contributed by atoms with Gasteiger partial charge >= 0.3 is 0 Å². The minimum absolute atomic E-state index is 0.345. The van der Waals surface area contributed by atoms with E-state index in [9.17, 15) is 0 Å². The van der Waals surface area contributed by atoms with Gasteiger partial charge in [0.2, 0.25) is 0 Å². The van der Waals surface area contributed by atoms with Crippen LogP contribution in [-0.2, 0) is 6.42 Å². The highest BCUT2D eigenvalue weighted by atomic mass is 15.2. The molecule has 0 atom stereocenters. The highest BCUT2D eigenvalue weighted by Gasteiger charge is 2.24. The standard InChI is InChI=1S/C26H34N2/c1-8-22-10-9-11-25-26(22)20(5)24(16-17-27(25)7)21(6)28(18(2)3)23-14-12-19(4)13-15-23/h9-15,18H,6,8,16-17H2,1-5,7H3. The van der Waals surface area contributed by atoms with Crippen molar-refractivity contribution in [1.82, 2.24) is 0 Å². The number of anilines is 2. The van der Waals surface area contributed by atoms with Gasteiger partial charge in [0.05, 0.1) is 0 Å². The first-order valence-corrected chi connectivity index (χ1v) is 10.4. The molecule has 0 unspecified atom stereocenters. The lowest BCUT2D eigenvalue weighted by atomic mass is 9.92. The Kier molecular flexibility index (Phi) is 5.98. The van der Waals surface area contributed by atoms with E-state index < -0.39 is 0 Å². The summed E-state index contributed by atoms with van der Waals surface area (Å²) in [5, 5.41) is 0. The van der Waals surface area contributed by atoms with Crippen molar-refractivity contribution >= 4 is 16.9 Å². The second kappa shape index (κ2) is 8.26. The van der Waals surface area contributed by atoms with E-state index in [0.717, 1.165) is 25.1 Å². The highest BCUT2D eigenvalue weighted by molar-refractivity contribution is 5.84. The van der Waals surface area contributed by atoms with Crippen molar-refractivity contribution in [2.45, 2.75) is 53.5 Å². The molecule has 0 saturated heterocycles. The van der Waals surface area contributed by atoms with E-state index in [0.29, 0.717) is 6.04 Å². The molecule has 1 aliphatic heterocycles. The second-order valence-corrected chi connectivity index (χ2v) is 8.19. The van der Waals surface area contributed by atoms with E-state index in [-0.39, 0.29) is 0 Å². The number of allylic oxidation sites excluding steroid dienone is 2. The molecule has 0 saturated carbocycles. The van der Waals surface area contributed by atoms with Gasteiger partial charge in [-0.2, -0.15) is 0 Å². The van der Waals surface area contributed by atoms with Gasteiger partial charge < -0.3 is 9.80 Å². The monoisotopic (exact) mass is 374 g/mol. The van der Waals surface area contributed by atoms with Crippen molar-refractivity contribution in [1.29, 1.82) is 0 Å². The number of nitrogens with zero attached hydrogens (tertiary/aromatic N) is 2. The SMILES string of the molecule is C=C(C1=C(C)c2c(CC)cccc2N(C)CC1)N(c1ccc(C)cc1)C(C)C. The number of rotatable bonds is 5. The summed E-state index contributed by atoms with van der Waals surface area (Å²) in [6.45, 7) is 16.8. The molecule has 0 N–H and O–H groups in total. The highest BCUT2D eigenvalue weighted by Crippen LogP contribution is 2.39. The molecule has 0 aliphatic carbocycles. The molecule has 2 aromatic carbocycles. The molecule has 1 heterocycles. The first-order chi connectivity index (χ1) is 13.3. The molecule has 148 valence electrons. The molecule has 1 aliphatic rings. The Labute approximate surface area is 171 Å². The largest absolute Gasteiger partial charge is 0.374 e. The number of hydrogen-bond donors (Lipinski definition) is 0. The molecule has 0 aromatic heterocycles. The van der Waals surface area contributed by atoms with Crippen molar-refractivity contribution in [2.24, 2.45) is 0 Å². The zero-order chi connectivity index (χ0) is 20.4. The van der Waals surface area contributed by atoms with Gasteiger partial charge in [0.25, 0.3) is 0 Å². The van der Waals surface area contributed by atoms with Gasteiger partial charge in [-0.15, -0.1) is 0 Å². The van der Waals surface area contributed by atoms with Gasteiger partial charge in [-0.05, 0) is 75.4 Å². The lowest BCUT2D eigenvalue weighted by molar-refractivity contribution is 0.749. The van der Waals surface area contributed by atoms with Crippen LogP contribution in [0.3, 0.4) is 0 Å². The van der Waals surface area contributed by atoms with Crippen LogP contribution in [0.1, 0.15) is 50.8 Å². The second-order valence-electron chi connectivity index (χ2n) is 8.19. The molecule has 3 rings (SSSR count). The molecule has 0 bridgehead atoms. The Morgan fingerprint density at radius 3 is 2.39 bits per heavy atom. The topological polar surface area (TPSA) is 6.48 Å². The predicted molar refractivity (Wildman–Crippen MR) is 124 cm³/mol. The van der Waals surface area contributed by atoms with Gasteiger partial charge in [0.1, 0.15) is 0 Å². The average molecular weight is 375 g/mol. The molecule has 0 amide bonds. The van der Waals surface area contributed by atoms with E-state index in [1.165, 1.54) is 39.2 Å². The Hall–Kier alpha value is -2.48. The lowest BCUT2D eigenvalue weighted by Crippen LogP contribution is -2.31. The Bertz CT molecular complexity index is 887. The van der Waals surface area contributed by atoms with Crippen LogP contribution in [-0.4, -0.2) is 19.6 Å². The van der Waals surface area contributed by atoms with E-state index in [1.54, 1.807) is 0 Å². The summed E-state index contributed by atoms with van der Waals surface area (Å²) in [7, 11) is 2.21. The smallest absolute Gasteiger partial charge is 0.0442 e. The molecule has 0 fully saturated rings. The quantitative estimate of drug-likeness (QED) is 0.582. The molecule has 0 spiro atoms. The Morgan fingerprint density at radius 1 is 1.11 bits per heavy atom. The van der Waals surface area contributed by atoms with Gasteiger partial charge in [-0.1, -0.05) is 43.3 Å². The molecule has 0 radical (unpaired) electrons. The minimum Gasteiger partial charge on any atom is -0.374 e. The summed E-state index contributed by atoms with van der Waals surface area (Å²) in [6, 6.07) is 15.8. The molecule has 2 aromatic rings. The van der Waals surface area contributed by atoms with Gasteiger partial charge in [0.15, 0.2) is 0 Å². The van der Waals surface area contributed by atoms with Crippen LogP contribution in [0.25, 0.3) is 5.57 Å². The summed E-state index contributed by atoms with van der Waals surface area (Å²) < 4.78 is 0. The first-order valence-electron chi connectivity index (χ1n) is 10.4. The maximum absolute atomic E-state index is 4.59. The van der Waals surface area contributed by atoms with Crippen LogP contribution in [0.2, 0.25) is 0 Å². The number of fused-ring (bicyclic) bond motifs is 1. The van der Waals surface area contributed by atoms with Crippen LogP contribution in [0.4, 0.5) is 11.4 Å². The Morgan fingerprint density at radius 2 is 1.79 bits per heavy atom. The van der Waals surface area contributed by atoms with Crippen molar-refractivity contribution < 1.29 is 0 Å². The fourth-order valence-electron chi connectivity index (χ4n) is 4.35. The third-order valence-electron chi connectivity index (χ3n) is 5.91. The summed E-state index contributed by atoms with van der Waals surface area (Å²) in [5.74, 6) is 0. The van der Waals surface area contributed by atoms with Crippen LogP contribution in [0.5, 0.6) is 0 Å². The average Bonchev–Trinajstić information content (AvgIpc) is 2.80. The van der Waals surface area contributed by atoms with Crippen LogP contribution >= 0.6 is 0 Å². The molecule has 28 heavy (non-hydrogen) atoms. The third kappa shape index (κ3) is 3.73. The van der Waals surface area contributed by atoms with Gasteiger partial charge in [-0.3, -0.25) is 0 Å². The van der Waals surface area contributed by atoms with Crippen molar-refractivity contribution in [3.05, 3.63) is 77.0 Å². The zero-order valence-corrected chi connectivity index (χ0v) is 18.3. The molecular weight excluding hydrogens is 340 g/mol. The maximum atomic E-state index is 4.59. The van der Waals surface area contributed by atoms with Gasteiger partial charge in [-0.25, -0.2) is 0 Å². The third-order valence-corrected chi connectivity index (χ3v) is 5.91. The van der Waals surface area contributed by atoms with E-state index >= 15 is 0 Å². The van der Waals surface area contributed by atoms with Gasteiger partial charge in [0, 0.05) is 42.3 Å². The summed E-state index contributed by atoms with van der Waals surface area (Å²) in [4.78, 5) is 4.78. The van der Waals surface area contributed by atoms with E-state index in [1.807, 2.05) is 0 Å². The molecule has 2 heteroatoms. The molecule has 2 nitrogen and oxygen atoms in total. The first kappa shape index (κ1) is 20.3. The number of aryl methyl sites for hydroxylation is 2. The van der Waals surface area contributed by atoms with Crippen molar-refractivity contribution in [2.75, 3.05) is 23.4 Å². The Balaban J connectivity index is 2.12. The van der Waals surface area contributed by atoms with Crippen molar-refractivity contribution in [3.8, 4) is 0 Å². The maximum Gasteiger partial charge on any atom is 0.0442 e. The number of benzene rings is 2. The normalized spacial score (nSPS) is 14.2. The van der Waals surface area contributed by atoms with E-state index in [4.69, 9.17) is 0 Å². The number of hydrogen-bond acceptors (Lipinski definition) is 2. The van der Waals surface area contributed by atoms with Crippen LogP contribution < -0.4 is 9.80 Å². The van der Waals surface area contributed by atoms with Crippen LogP contribution in [0.15, 0.2) is 60.3 Å². The molecular formula is C26H34N2. The summed E-state index contributed by atoms with van der Waals surface area (Å²) in [5.41, 5.74) is 10.5. The lowest BCUT2D eigenvalue weighted by Gasteiger charge is -2.33. The summed E-state index contributed by atoms with van der Waals surface area (Å²) in [6.07, 6.45) is 2.05. The minimum atomic E-state index is 0.345.